The van der Waals surface area contributed by atoms with E-state index < -0.39 is 0 Å². The third kappa shape index (κ3) is 6.19. The Labute approximate surface area is 241 Å². The summed E-state index contributed by atoms with van der Waals surface area (Å²) < 4.78 is 13.1. The smallest absolute Gasteiger partial charge is 0.163 e. The first-order valence-electron chi connectivity index (χ1n) is 12.1. The van der Waals surface area contributed by atoms with Crippen LogP contribution >= 0.6 is 46.1 Å². The maximum absolute atomic E-state index is 6.63. The minimum absolute atomic E-state index is 0.311. The summed E-state index contributed by atoms with van der Waals surface area (Å²) in [6.07, 6.45) is 0. The fourth-order valence-electron chi connectivity index (χ4n) is 3.97. The number of anilines is 1. The van der Waals surface area contributed by atoms with E-state index in [9.17, 15) is 0 Å². The average molecular weight is 584 g/mol. The van der Waals surface area contributed by atoms with Gasteiger partial charge in [-0.15, -0.1) is 11.3 Å². The first kappa shape index (κ1) is 26.6. The van der Waals surface area contributed by atoms with Crippen molar-refractivity contribution in [3.05, 3.63) is 105 Å². The van der Waals surface area contributed by atoms with Crippen LogP contribution in [0.4, 0.5) is 5.69 Å². The number of thiazole rings is 1. The largest absolute Gasteiger partial charge is 0.490 e. The molecule has 0 radical (unpaired) electrons. The summed E-state index contributed by atoms with van der Waals surface area (Å²) in [6, 6.07) is 23.7. The van der Waals surface area contributed by atoms with Crippen molar-refractivity contribution in [2.45, 2.75) is 27.0 Å². The third-order valence-electron chi connectivity index (χ3n) is 5.95. The summed E-state index contributed by atoms with van der Waals surface area (Å²) in [5, 5.41) is 6.04. The van der Waals surface area contributed by atoms with Crippen LogP contribution in [-0.4, -0.2) is 11.6 Å². The standard InChI is InChI=1S/C30H25Cl3N2O2S/c1-3-36-27-14-21(24(32)15-28(27)37-17-19-5-10-23(31)25(33)13-19)16-34-22-8-6-20(7-9-22)30-35-26-11-4-18(2)12-29(26)38-30/h4-15,34H,3,16-17H2,1-2H3. The van der Waals surface area contributed by atoms with Gasteiger partial charge in [0.1, 0.15) is 11.6 Å². The van der Waals surface area contributed by atoms with Gasteiger partial charge in [-0.25, -0.2) is 4.98 Å². The molecule has 0 aliphatic rings. The highest BCUT2D eigenvalue weighted by atomic mass is 35.5. The van der Waals surface area contributed by atoms with Crippen LogP contribution in [0.3, 0.4) is 0 Å². The van der Waals surface area contributed by atoms with E-state index in [1.165, 1.54) is 10.3 Å². The first-order valence-corrected chi connectivity index (χ1v) is 14.1. The number of nitrogens with one attached hydrogen (secondary N) is 1. The molecule has 4 nitrogen and oxygen atoms in total. The van der Waals surface area contributed by atoms with Crippen LogP contribution in [-0.2, 0) is 13.2 Å². The topological polar surface area (TPSA) is 43.4 Å². The van der Waals surface area contributed by atoms with Crippen LogP contribution in [0.1, 0.15) is 23.6 Å². The highest BCUT2D eigenvalue weighted by Gasteiger charge is 2.13. The lowest BCUT2D eigenvalue weighted by Crippen LogP contribution is -2.04. The molecule has 0 aliphatic carbocycles. The zero-order chi connectivity index (χ0) is 26.6. The van der Waals surface area contributed by atoms with Crippen LogP contribution in [0.15, 0.2) is 72.8 Å². The number of aryl methyl sites for hydroxylation is 1. The Morgan fingerprint density at radius 2 is 1.61 bits per heavy atom. The number of hydrogen-bond acceptors (Lipinski definition) is 5. The van der Waals surface area contributed by atoms with Gasteiger partial charge in [-0.05, 0) is 85.1 Å². The van der Waals surface area contributed by atoms with Gasteiger partial charge in [0, 0.05) is 28.9 Å². The van der Waals surface area contributed by atoms with Gasteiger partial charge in [0.15, 0.2) is 11.5 Å². The van der Waals surface area contributed by atoms with Crippen LogP contribution in [0.25, 0.3) is 20.8 Å². The molecule has 5 rings (SSSR count). The summed E-state index contributed by atoms with van der Waals surface area (Å²) in [5.74, 6) is 1.21. The summed E-state index contributed by atoms with van der Waals surface area (Å²) >= 11 is 20.5. The number of rotatable bonds is 9. The maximum atomic E-state index is 6.63. The third-order valence-corrected chi connectivity index (χ3v) is 8.11. The number of nitrogens with zero attached hydrogens (tertiary/aromatic N) is 1. The van der Waals surface area contributed by atoms with Crippen molar-refractivity contribution in [3.8, 4) is 22.1 Å². The van der Waals surface area contributed by atoms with Gasteiger partial charge in [-0.3, -0.25) is 0 Å². The van der Waals surface area contributed by atoms with Crippen molar-refractivity contribution in [1.29, 1.82) is 0 Å². The van der Waals surface area contributed by atoms with E-state index in [4.69, 9.17) is 49.3 Å². The van der Waals surface area contributed by atoms with Crippen molar-refractivity contribution < 1.29 is 9.47 Å². The summed E-state index contributed by atoms with van der Waals surface area (Å²) in [4.78, 5) is 4.78. The van der Waals surface area contributed by atoms with Gasteiger partial charge in [0.05, 0.1) is 26.9 Å². The highest BCUT2D eigenvalue weighted by Crippen LogP contribution is 2.36. The lowest BCUT2D eigenvalue weighted by atomic mass is 10.1. The van der Waals surface area contributed by atoms with Crippen molar-refractivity contribution in [2.75, 3.05) is 11.9 Å². The average Bonchev–Trinajstić information content (AvgIpc) is 3.33. The quantitative estimate of drug-likeness (QED) is 0.187. The number of ether oxygens (including phenoxy) is 2. The molecule has 38 heavy (non-hydrogen) atoms. The van der Waals surface area contributed by atoms with Gasteiger partial charge in [0.25, 0.3) is 0 Å². The molecule has 0 amide bonds. The number of hydrogen-bond donors (Lipinski definition) is 1. The zero-order valence-corrected chi connectivity index (χ0v) is 23.9. The Hall–Kier alpha value is -2.96. The van der Waals surface area contributed by atoms with Crippen LogP contribution in [0.2, 0.25) is 15.1 Å². The molecule has 1 aromatic heterocycles. The van der Waals surface area contributed by atoms with Crippen LogP contribution < -0.4 is 14.8 Å². The Bertz CT molecular complexity index is 1590. The molecule has 1 heterocycles. The molecule has 0 bridgehead atoms. The van der Waals surface area contributed by atoms with E-state index in [-0.39, 0.29) is 0 Å². The molecule has 0 unspecified atom stereocenters. The minimum atomic E-state index is 0.311. The SMILES string of the molecule is CCOc1cc(CNc2ccc(-c3nc4ccc(C)cc4s3)cc2)c(Cl)cc1OCc1ccc(Cl)c(Cl)c1. The van der Waals surface area contributed by atoms with Gasteiger partial charge >= 0.3 is 0 Å². The minimum Gasteiger partial charge on any atom is -0.490 e. The highest BCUT2D eigenvalue weighted by molar-refractivity contribution is 7.21. The van der Waals surface area contributed by atoms with Gasteiger partial charge in [0.2, 0.25) is 0 Å². The Balaban J connectivity index is 1.27. The molecular formula is C30H25Cl3N2O2S. The maximum Gasteiger partial charge on any atom is 0.163 e. The summed E-state index contributed by atoms with van der Waals surface area (Å²) in [6.45, 7) is 5.38. The van der Waals surface area contributed by atoms with Crippen LogP contribution in [0.5, 0.6) is 11.5 Å². The second-order valence-electron chi connectivity index (χ2n) is 8.78. The summed E-state index contributed by atoms with van der Waals surface area (Å²) in [5.41, 5.74) is 6.15. The van der Waals surface area contributed by atoms with E-state index >= 15 is 0 Å². The van der Waals surface area contributed by atoms with Gasteiger partial charge in [-0.2, -0.15) is 0 Å². The lowest BCUT2D eigenvalue weighted by Gasteiger charge is -2.16. The van der Waals surface area contributed by atoms with E-state index in [1.807, 2.05) is 19.1 Å². The van der Waals surface area contributed by atoms with Crippen molar-refractivity contribution in [1.82, 2.24) is 4.98 Å². The fraction of sp³-hybridized carbons (Fsp3) is 0.167. The van der Waals surface area contributed by atoms with E-state index in [2.05, 4.69) is 54.7 Å². The second kappa shape index (κ2) is 11.8. The molecule has 0 saturated heterocycles. The molecule has 0 spiro atoms. The van der Waals surface area contributed by atoms with Gasteiger partial charge < -0.3 is 14.8 Å². The molecule has 0 aliphatic heterocycles. The monoisotopic (exact) mass is 582 g/mol. The molecular weight excluding hydrogens is 559 g/mol. The predicted octanol–water partition coefficient (Wildman–Crippen LogP) is 9.82. The van der Waals surface area contributed by atoms with Crippen LogP contribution in [0, 0.1) is 6.92 Å². The first-order chi connectivity index (χ1) is 18.4. The molecule has 0 atom stereocenters. The normalized spacial score (nSPS) is 11.1. The number of fused-ring (bicyclic) bond motifs is 1. The van der Waals surface area contributed by atoms with Gasteiger partial charge in [-0.1, -0.05) is 46.9 Å². The van der Waals surface area contributed by atoms with Crippen molar-refractivity contribution in [3.63, 3.8) is 0 Å². The number of halogens is 3. The Kier molecular flexibility index (Phi) is 8.29. The molecule has 0 saturated carbocycles. The zero-order valence-electron chi connectivity index (χ0n) is 20.9. The molecule has 5 aromatic rings. The van der Waals surface area contributed by atoms with E-state index in [1.54, 1.807) is 29.5 Å². The van der Waals surface area contributed by atoms with E-state index in [0.717, 1.165) is 32.9 Å². The lowest BCUT2D eigenvalue weighted by molar-refractivity contribution is 0.269. The number of benzene rings is 4. The second-order valence-corrected chi connectivity index (χ2v) is 11.0. The number of aromatic nitrogens is 1. The van der Waals surface area contributed by atoms with E-state index in [0.29, 0.717) is 46.3 Å². The Morgan fingerprint density at radius 3 is 2.37 bits per heavy atom. The van der Waals surface area contributed by atoms with Crippen molar-refractivity contribution in [2.24, 2.45) is 0 Å². The fourth-order valence-corrected chi connectivity index (χ4v) is 5.58. The molecule has 0 fully saturated rings. The summed E-state index contributed by atoms with van der Waals surface area (Å²) in [7, 11) is 0. The van der Waals surface area contributed by atoms with Crippen molar-refractivity contribution >= 4 is 62.0 Å². The molecule has 4 aromatic carbocycles. The Morgan fingerprint density at radius 1 is 0.816 bits per heavy atom. The molecule has 194 valence electrons. The molecule has 8 heteroatoms. The predicted molar refractivity (Wildman–Crippen MR) is 161 cm³/mol. The molecule has 1 N–H and O–H groups in total.